The molecule has 1 heterocycles. The molecule has 25 heavy (non-hydrogen) atoms. The van der Waals surface area contributed by atoms with Gasteiger partial charge >= 0.3 is 0 Å². The van der Waals surface area contributed by atoms with Crippen molar-refractivity contribution in [3.05, 3.63) is 35.9 Å². The van der Waals surface area contributed by atoms with Gasteiger partial charge in [-0.3, -0.25) is 9.59 Å². The van der Waals surface area contributed by atoms with E-state index in [0.29, 0.717) is 32.6 Å². The van der Waals surface area contributed by atoms with Gasteiger partial charge in [0.25, 0.3) is 5.91 Å². The quantitative estimate of drug-likeness (QED) is 0.907. The first-order chi connectivity index (χ1) is 12.1. The van der Waals surface area contributed by atoms with Gasteiger partial charge in [0.15, 0.2) is 0 Å². The number of amides is 2. The summed E-state index contributed by atoms with van der Waals surface area (Å²) in [6.07, 6.45) is 4.42. The molecular formula is C20H28N2O3. The van der Waals surface area contributed by atoms with Crippen LogP contribution >= 0.6 is 0 Å². The van der Waals surface area contributed by atoms with Crippen LogP contribution in [0, 0.1) is 5.92 Å². The second-order valence-electron chi connectivity index (χ2n) is 7.19. The van der Waals surface area contributed by atoms with Gasteiger partial charge in [0.1, 0.15) is 6.10 Å². The van der Waals surface area contributed by atoms with E-state index in [9.17, 15) is 14.7 Å². The van der Waals surface area contributed by atoms with Gasteiger partial charge < -0.3 is 14.9 Å². The summed E-state index contributed by atoms with van der Waals surface area (Å²) in [5.41, 5.74) is 0.955. The third-order valence-corrected chi connectivity index (χ3v) is 5.38. The van der Waals surface area contributed by atoms with Crippen molar-refractivity contribution in [1.82, 2.24) is 9.80 Å². The van der Waals surface area contributed by atoms with Crippen molar-refractivity contribution >= 4 is 11.8 Å². The highest BCUT2D eigenvalue weighted by molar-refractivity contribution is 5.82. The molecule has 2 fully saturated rings. The Bertz CT molecular complexity index is 584. The van der Waals surface area contributed by atoms with Gasteiger partial charge in [-0.25, -0.2) is 0 Å². The second-order valence-corrected chi connectivity index (χ2v) is 7.19. The maximum atomic E-state index is 12.6. The number of hydrogen-bond acceptors (Lipinski definition) is 3. The standard InChI is InChI=1S/C20H28N2O3/c23-18(15-16-7-2-1-3-8-16)20(25)22-12-6-11-21(13-14-22)19(24)17-9-4-5-10-17/h1-3,7-8,17-18,23H,4-6,9-15H2. The highest BCUT2D eigenvalue weighted by Crippen LogP contribution is 2.27. The van der Waals surface area contributed by atoms with Crippen molar-refractivity contribution in [3.8, 4) is 0 Å². The highest BCUT2D eigenvalue weighted by atomic mass is 16.3. The molecule has 136 valence electrons. The number of hydrogen-bond donors (Lipinski definition) is 1. The first kappa shape index (κ1) is 17.9. The highest BCUT2D eigenvalue weighted by Gasteiger charge is 2.30. The number of benzene rings is 1. The average molecular weight is 344 g/mol. The van der Waals surface area contributed by atoms with Crippen molar-refractivity contribution in [2.45, 2.75) is 44.6 Å². The van der Waals surface area contributed by atoms with Crippen LogP contribution in [-0.4, -0.2) is 59.0 Å². The van der Waals surface area contributed by atoms with E-state index in [1.165, 1.54) is 0 Å². The number of nitrogens with zero attached hydrogens (tertiary/aromatic N) is 2. The van der Waals surface area contributed by atoms with Crippen molar-refractivity contribution in [2.24, 2.45) is 5.92 Å². The third-order valence-electron chi connectivity index (χ3n) is 5.38. The molecule has 3 rings (SSSR count). The molecule has 2 aliphatic rings. The molecule has 1 aromatic carbocycles. The van der Waals surface area contributed by atoms with Crippen molar-refractivity contribution < 1.29 is 14.7 Å². The fourth-order valence-corrected chi connectivity index (χ4v) is 3.92. The van der Waals surface area contributed by atoms with Crippen LogP contribution in [0.25, 0.3) is 0 Å². The van der Waals surface area contributed by atoms with E-state index in [1.54, 1.807) is 4.90 Å². The molecular weight excluding hydrogens is 316 g/mol. The summed E-state index contributed by atoms with van der Waals surface area (Å²) in [5, 5.41) is 10.3. The van der Waals surface area contributed by atoms with Gasteiger partial charge in [-0.1, -0.05) is 43.2 Å². The van der Waals surface area contributed by atoms with Gasteiger partial charge in [0, 0.05) is 38.5 Å². The first-order valence-electron chi connectivity index (χ1n) is 9.44. The maximum absolute atomic E-state index is 12.6. The first-order valence-corrected chi connectivity index (χ1v) is 9.44. The van der Waals surface area contributed by atoms with Crippen LogP contribution in [-0.2, 0) is 16.0 Å². The zero-order chi connectivity index (χ0) is 17.6. The monoisotopic (exact) mass is 344 g/mol. The van der Waals surface area contributed by atoms with Crippen LogP contribution in [0.3, 0.4) is 0 Å². The molecule has 1 unspecified atom stereocenters. The lowest BCUT2D eigenvalue weighted by atomic mass is 10.1. The van der Waals surface area contributed by atoms with Crippen LogP contribution in [0.5, 0.6) is 0 Å². The largest absolute Gasteiger partial charge is 0.383 e. The molecule has 1 saturated heterocycles. The van der Waals surface area contributed by atoms with Gasteiger partial charge in [0.05, 0.1) is 0 Å². The predicted molar refractivity (Wildman–Crippen MR) is 95.9 cm³/mol. The lowest BCUT2D eigenvalue weighted by Crippen LogP contribution is -2.43. The molecule has 5 heteroatoms. The lowest BCUT2D eigenvalue weighted by molar-refractivity contribution is -0.141. The van der Waals surface area contributed by atoms with Crippen LogP contribution in [0.4, 0.5) is 0 Å². The Hall–Kier alpha value is -1.88. The minimum absolute atomic E-state index is 0.186. The third kappa shape index (κ3) is 4.60. The van der Waals surface area contributed by atoms with Crippen molar-refractivity contribution in [1.29, 1.82) is 0 Å². The average Bonchev–Trinajstić information content (AvgIpc) is 3.06. The molecule has 0 spiro atoms. The fourth-order valence-electron chi connectivity index (χ4n) is 3.92. The molecule has 1 aromatic rings. The van der Waals surface area contributed by atoms with E-state index in [-0.39, 0.29) is 17.7 Å². The Morgan fingerprint density at radius 3 is 2.32 bits per heavy atom. The molecule has 1 saturated carbocycles. The van der Waals surface area contributed by atoms with E-state index in [1.807, 2.05) is 35.2 Å². The Morgan fingerprint density at radius 2 is 1.60 bits per heavy atom. The molecule has 5 nitrogen and oxygen atoms in total. The molecule has 0 aromatic heterocycles. The van der Waals surface area contributed by atoms with Gasteiger partial charge in [-0.2, -0.15) is 0 Å². The molecule has 0 bridgehead atoms. The number of aliphatic hydroxyl groups is 1. The van der Waals surface area contributed by atoms with Crippen LogP contribution in [0.15, 0.2) is 30.3 Å². The topological polar surface area (TPSA) is 60.9 Å². The molecule has 1 atom stereocenters. The smallest absolute Gasteiger partial charge is 0.251 e. The van der Waals surface area contributed by atoms with Gasteiger partial charge in [-0.15, -0.1) is 0 Å². The van der Waals surface area contributed by atoms with Crippen LogP contribution in [0.2, 0.25) is 0 Å². The summed E-state index contributed by atoms with van der Waals surface area (Å²) in [6.45, 7) is 2.43. The summed E-state index contributed by atoms with van der Waals surface area (Å²) in [4.78, 5) is 28.8. The summed E-state index contributed by atoms with van der Waals surface area (Å²) < 4.78 is 0. The Balaban J connectivity index is 1.53. The number of aliphatic hydroxyl groups excluding tert-OH is 1. The maximum Gasteiger partial charge on any atom is 0.251 e. The second kappa shape index (κ2) is 8.48. The van der Waals surface area contributed by atoms with Crippen molar-refractivity contribution in [3.63, 3.8) is 0 Å². The molecule has 1 aliphatic heterocycles. The molecule has 2 amide bonds. The zero-order valence-electron chi connectivity index (χ0n) is 14.8. The van der Waals surface area contributed by atoms with Crippen LogP contribution in [0.1, 0.15) is 37.7 Å². The summed E-state index contributed by atoms with van der Waals surface area (Å²) in [7, 11) is 0. The lowest BCUT2D eigenvalue weighted by Gasteiger charge is -2.25. The number of rotatable bonds is 4. The Kier molecular flexibility index (Phi) is 6.08. The molecule has 0 radical (unpaired) electrons. The summed E-state index contributed by atoms with van der Waals surface area (Å²) >= 11 is 0. The SMILES string of the molecule is O=C(C(O)Cc1ccccc1)N1CCCN(C(=O)C2CCCC2)CC1. The number of carbonyl (C=O) groups is 2. The molecule has 1 aliphatic carbocycles. The Labute approximate surface area is 149 Å². The van der Waals surface area contributed by atoms with E-state index < -0.39 is 6.10 Å². The normalized spacial score (nSPS) is 20.4. The van der Waals surface area contributed by atoms with E-state index in [0.717, 1.165) is 37.7 Å². The van der Waals surface area contributed by atoms with Gasteiger partial charge in [-0.05, 0) is 24.8 Å². The zero-order valence-corrected chi connectivity index (χ0v) is 14.8. The number of carbonyl (C=O) groups excluding carboxylic acids is 2. The van der Waals surface area contributed by atoms with E-state index in [4.69, 9.17) is 0 Å². The summed E-state index contributed by atoms with van der Waals surface area (Å²) in [6, 6.07) is 9.57. The van der Waals surface area contributed by atoms with E-state index in [2.05, 4.69) is 0 Å². The minimum atomic E-state index is -1.01. The van der Waals surface area contributed by atoms with Crippen LogP contribution < -0.4 is 0 Å². The Morgan fingerprint density at radius 1 is 0.960 bits per heavy atom. The predicted octanol–water partition coefficient (Wildman–Crippen LogP) is 1.84. The fraction of sp³-hybridized carbons (Fsp3) is 0.600. The van der Waals surface area contributed by atoms with E-state index >= 15 is 0 Å². The summed E-state index contributed by atoms with van der Waals surface area (Å²) in [5.74, 6) is 0.224. The van der Waals surface area contributed by atoms with Crippen molar-refractivity contribution in [2.75, 3.05) is 26.2 Å². The molecule has 1 N–H and O–H groups in total. The minimum Gasteiger partial charge on any atom is -0.383 e. The van der Waals surface area contributed by atoms with Gasteiger partial charge in [0.2, 0.25) is 5.91 Å².